The van der Waals surface area contributed by atoms with Crippen LogP contribution < -0.4 is 4.90 Å². The number of aryl methyl sites for hydroxylation is 1. The fourth-order valence-corrected chi connectivity index (χ4v) is 5.08. The van der Waals surface area contributed by atoms with E-state index in [1.54, 1.807) is 33.7 Å². The monoisotopic (exact) mass is 522 g/mol. The van der Waals surface area contributed by atoms with Gasteiger partial charge in [0, 0.05) is 80.6 Å². The number of fused-ring (bicyclic) bond motifs is 1. The number of aliphatic hydroxyl groups excluding tert-OH is 1. The second kappa shape index (κ2) is 10.3. The summed E-state index contributed by atoms with van der Waals surface area (Å²) in [6.07, 6.45) is 8.43. The number of rotatable bonds is 6. The molecule has 1 aromatic carbocycles. The first kappa shape index (κ1) is 24.7. The van der Waals surface area contributed by atoms with Crippen molar-refractivity contribution in [3.05, 3.63) is 90.4 Å². The van der Waals surface area contributed by atoms with Crippen LogP contribution in [0.15, 0.2) is 73.4 Å². The lowest BCUT2D eigenvalue weighted by molar-refractivity contribution is 0.109. The number of hydrogen-bond donors (Lipinski definition) is 1. The fourth-order valence-electron chi connectivity index (χ4n) is 5.08. The van der Waals surface area contributed by atoms with E-state index in [2.05, 4.69) is 32.1 Å². The van der Waals surface area contributed by atoms with Crippen molar-refractivity contribution in [2.24, 2.45) is 7.05 Å². The summed E-state index contributed by atoms with van der Waals surface area (Å²) < 4.78 is 16.7. The normalized spacial score (nSPS) is 15.0. The van der Waals surface area contributed by atoms with Gasteiger partial charge in [-0.3, -0.25) is 9.58 Å². The van der Waals surface area contributed by atoms with Gasteiger partial charge in [0.25, 0.3) is 0 Å². The van der Waals surface area contributed by atoms with Gasteiger partial charge < -0.3 is 10.0 Å². The molecule has 39 heavy (non-hydrogen) atoms. The maximum absolute atomic E-state index is 13.2. The summed E-state index contributed by atoms with van der Waals surface area (Å²) in [4.78, 5) is 9.21. The van der Waals surface area contributed by atoms with Gasteiger partial charge in [-0.15, -0.1) is 0 Å². The second-order valence-electron chi connectivity index (χ2n) is 9.77. The van der Waals surface area contributed by atoms with E-state index in [4.69, 9.17) is 4.98 Å². The lowest BCUT2D eigenvalue weighted by atomic mass is 10.0. The lowest BCUT2D eigenvalue weighted by Crippen LogP contribution is -2.47. The third-order valence-corrected chi connectivity index (χ3v) is 7.21. The summed E-state index contributed by atoms with van der Waals surface area (Å²) in [6, 6.07) is 14.4. The molecule has 0 amide bonds. The Bertz CT molecular complexity index is 1640. The number of anilines is 1. The number of β-amino-alcohol motifs (C(OH)–C–C–N with tert-alkyl or cyclic N) is 1. The molecule has 1 N–H and O–H groups in total. The van der Waals surface area contributed by atoms with E-state index < -0.39 is 6.10 Å². The number of aromatic nitrogens is 5. The third-order valence-electron chi connectivity index (χ3n) is 7.21. The van der Waals surface area contributed by atoms with Crippen LogP contribution in [0.1, 0.15) is 17.2 Å². The molecule has 0 saturated carbocycles. The number of nitriles is 1. The lowest BCUT2D eigenvalue weighted by Gasteiger charge is -2.36. The Balaban J connectivity index is 1.19. The molecule has 6 rings (SSSR count). The van der Waals surface area contributed by atoms with Crippen LogP contribution in [0.3, 0.4) is 0 Å². The average molecular weight is 523 g/mol. The Morgan fingerprint density at radius 2 is 1.74 bits per heavy atom. The summed E-state index contributed by atoms with van der Waals surface area (Å²) >= 11 is 0. The van der Waals surface area contributed by atoms with Gasteiger partial charge in [-0.1, -0.05) is 12.1 Å². The molecule has 196 valence electrons. The molecule has 1 aliphatic heterocycles. The van der Waals surface area contributed by atoms with Crippen molar-refractivity contribution in [3.8, 4) is 28.3 Å². The number of benzene rings is 1. The van der Waals surface area contributed by atoms with Crippen LogP contribution in [0.4, 0.5) is 10.2 Å². The maximum Gasteiger partial charge on any atom is 0.128 e. The summed E-state index contributed by atoms with van der Waals surface area (Å²) in [5.74, 6) is 0.574. The molecule has 1 atom stereocenters. The van der Waals surface area contributed by atoms with Crippen molar-refractivity contribution in [2.45, 2.75) is 6.10 Å². The Morgan fingerprint density at radius 1 is 0.949 bits per heavy atom. The topological polar surface area (TPSA) is 98.5 Å². The predicted octanol–water partition coefficient (Wildman–Crippen LogP) is 3.66. The van der Waals surface area contributed by atoms with Gasteiger partial charge in [0.05, 0.1) is 29.6 Å². The summed E-state index contributed by atoms with van der Waals surface area (Å²) in [6.45, 7) is 3.64. The molecule has 1 fully saturated rings. The Labute approximate surface area is 225 Å². The first-order valence-electron chi connectivity index (χ1n) is 12.8. The van der Waals surface area contributed by atoms with Gasteiger partial charge in [-0.25, -0.2) is 13.9 Å². The standard InChI is InChI=1S/C29H27FN8O/c1-35-17-24(16-33-35)22-12-26(29-23(13-31)15-34-38(29)18-22)21-4-7-28(32-14-21)37-10-8-36(9-11-37)19-27(39)20-2-5-25(30)6-3-20/h2-7,12,14-18,27,39H,8-11,19H2,1H3. The van der Waals surface area contributed by atoms with E-state index in [0.29, 0.717) is 12.1 Å². The molecule has 0 spiro atoms. The second-order valence-corrected chi connectivity index (χ2v) is 9.77. The average Bonchev–Trinajstić information content (AvgIpc) is 3.59. The van der Waals surface area contributed by atoms with E-state index in [1.165, 1.54) is 12.1 Å². The SMILES string of the molecule is Cn1cc(-c2cc(-c3ccc(N4CCN(CC(O)c5ccc(F)cc5)CC4)nc3)c3c(C#N)cnn3c2)cn1. The van der Waals surface area contributed by atoms with Crippen LogP contribution in [0, 0.1) is 17.1 Å². The molecular weight excluding hydrogens is 495 g/mol. The van der Waals surface area contributed by atoms with Crippen molar-refractivity contribution in [1.82, 2.24) is 29.3 Å². The van der Waals surface area contributed by atoms with Gasteiger partial charge in [-0.05, 0) is 35.9 Å². The van der Waals surface area contributed by atoms with E-state index in [9.17, 15) is 14.8 Å². The molecule has 9 nitrogen and oxygen atoms in total. The minimum absolute atomic E-state index is 0.306. The number of nitrogens with zero attached hydrogens (tertiary/aromatic N) is 8. The highest BCUT2D eigenvalue weighted by molar-refractivity contribution is 5.87. The van der Waals surface area contributed by atoms with Gasteiger partial charge in [0.1, 0.15) is 17.7 Å². The van der Waals surface area contributed by atoms with Crippen molar-refractivity contribution in [3.63, 3.8) is 0 Å². The van der Waals surface area contributed by atoms with Crippen molar-refractivity contribution >= 4 is 11.3 Å². The molecular formula is C29H27FN8O. The van der Waals surface area contributed by atoms with E-state index >= 15 is 0 Å². The molecule has 4 aromatic heterocycles. The van der Waals surface area contributed by atoms with Crippen LogP contribution in [-0.4, -0.2) is 67.1 Å². The minimum atomic E-state index is -0.657. The van der Waals surface area contributed by atoms with Gasteiger partial charge in [0.15, 0.2) is 0 Å². The predicted molar refractivity (Wildman–Crippen MR) is 145 cm³/mol. The van der Waals surface area contributed by atoms with Crippen LogP contribution in [0.5, 0.6) is 0 Å². The van der Waals surface area contributed by atoms with Crippen molar-refractivity contribution in [2.75, 3.05) is 37.6 Å². The Morgan fingerprint density at radius 3 is 2.41 bits per heavy atom. The van der Waals surface area contributed by atoms with Gasteiger partial charge >= 0.3 is 0 Å². The molecule has 1 unspecified atom stereocenters. The van der Waals surface area contributed by atoms with Crippen LogP contribution >= 0.6 is 0 Å². The fraction of sp³-hybridized carbons (Fsp3) is 0.241. The Kier molecular flexibility index (Phi) is 6.52. The largest absolute Gasteiger partial charge is 0.387 e. The molecule has 0 bridgehead atoms. The highest BCUT2D eigenvalue weighted by Gasteiger charge is 2.21. The van der Waals surface area contributed by atoms with E-state index in [1.807, 2.05) is 37.8 Å². The smallest absolute Gasteiger partial charge is 0.128 e. The summed E-state index contributed by atoms with van der Waals surface area (Å²) in [5.41, 5.74) is 5.65. The minimum Gasteiger partial charge on any atom is -0.387 e. The molecule has 10 heteroatoms. The van der Waals surface area contributed by atoms with Gasteiger partial charge in [-0.2, -0.15) is 15.5 Å². The van der Waals surface area contributed by atoms with Crippen LogP contribution in [0.2, 0.25) is 0 Å². The third kappa shape index (κ3) is 4.97. The molecule has 5 aromatic rings. The zero-order valence-electron chi connectivity index (χ0n) is 21.4. The Hall–Kier alpha value is -4.59. The van der Waals surface area contributed by atoms with E-state index in [-0.39, 0.29) is 5.82 Å². The van der Waals surface area contributed by atoms with Crippen molar-refractivity contribution < 1.29 is 9.50 Å². The zero-order chi connectivity index (χ0) is 26.9. The maximum atomic E-state index is 13.2. The number of halogens is 1. The first-order valence-corrected chi connectivity index (χ1v) is 12.8. The zero-order valence-corrected chi connectivity index (χ0v) is 21.4. The highest BCUT2D eigenvalue weighted by Crippen LogP contribution is 2.32. The van der Waals surface area contributed by atoms with Gasteiger partial charge in [0.2, 0.25) is 0 Å². The highest BCUT2D eigenvalue weighted by atomic mass is 19.1. The van der Waals surface area contributed by atoms with Crippen LogP contribution in [0.25, 0.3) is 27.8 Å². The number of hydrogen-bond acceptors (Lipinski definition) is 7. The molecule has 1 saturated heterocycles. The number of aliphatic hydroxyl groups is 1. The van der Waals surface area contributed by atoms with Crippen molar-refractivity contribution in [1.29, 1.82) is 5.26 Å². The number of pyridine rings is 2. The molecule has 0 radical (unpaired) electrons. The van der Waals surface area contributed by atoms with E-state index in [0.717, 1.165) is 65.3 Å². The molecule has 1 aliphatic rings. The van der Waals surface area contributed by atoms with Crippen LogP contribution in [-0.2, 0) is 7.05 Å². The molecule has 5 heterocycles. The quantitative estimate of drug-likeness (QED) is 0.363. The first-order chi connectivity index (χ1) is 19.0. The molecule has 0 aliphatic carbocycles. The number of piperazine rings is 1. The summed E-state index contributed by atoms with van der Waals surface area (Å²) in [5, 5.41) is 28.9. The summed E-state index contributed by atoms with van der Waals surface area (Å²) in [7, 11) is 1.88.